The van der Waals surface area contributed by atoms with E-state index in [1.54, 1.807) is 31.4 Å². The van der Waals surface area contributed by atoms with Gasteiger partial charge in [0.2, 0.25) is 5.91 Å². The number of hydrogen-bond acceptors (Lipinski definition) is 3. The molecule has 0 saturated carbocycles. The summed E-state index contributed by atoms with van der Waals surface area (Å²) in [5.74, 6) is -0.337. The molecule has 0 radical (unpaired) electrons. The number of rotatable bonds is 7. The number of amides is 1. The zero-order valence-electron chi connectivity index (χ0n) is 15.5. The van der Waals surface area contributed by atoms with Crippen molar-refractivity contribution in [3.05, 3.63) is 89.5 Å². The molecule has 0 saturated heterocycles. The van der Waals surface area contributed by atoms with Crippen LogP contribution in [0, 0.1) is 0 Å². The first-order valence-corrected chi connectivity index (χ1v) is 8.88. The van der Waals surface area contributed by atoms with Gasteiger partial charge in [0.15, 0.2) is 0 Å². The maximum atomic E-state index is 12.3. The number of methoxy groups -OCH3 is 1. The number of carboxylic acids is 1. The van der Waals surface area contributed by atoms with E-state index in [2.05, 4.69) is 5.32 Å². The van der Waals surface area contributed by atoms with Crippen molar-refractivity contribution in [2.24, 2.45) is 0 Å². The summed E-state index contributed by atoms with van der Waals surface area (Å²) in [6.45, 7) is 0.319. The molecule has 3 aromatic carbocycles. The molecule has 0 fully saturated rings. The van der Waals surface area contributed by atoms with Crippen LogP contribution in [0.15, 0.2) is 72.8 Å². The van der Waals surface area contributed by atoms with Crippen molar-refractivity contribution in [1.82, 2.24) is 5.32 Å². The van der Waals surface area contributed by atoms with Gasteiger partial charge in [-0.3, -0.25) is 4.79 Å². The molecular formula is C23H21NO4. The molecule has 0 heterocycles. The summed E-state index contributed by atoms with van der Waals surface area (Å²) in [4.78, 5) is 23.9. The van der Waals surface area contributed by atoms with Crippen molar-refractivity contribution >= 4 is 11.9 Å². The van der Waals surface area contributed by atoms with E-state index in [1.807, 2.05) is 48.5 Å². The number of carbonyl (C=O) groups is 2. The van der Waals surface area contributed by atoms with Gasteiger partial charge in [0.1, 0.15) is 5.75 Å². The second kappa shape index (κ2) is 8.86. The van der Waals surface area contributed by atoms with Gasteiger partial charge in [0.05, 0.1) is 19.1 Å². The largest absolute Gasteiger partial charge is 0.497 e. The quantitative estimate of drug-likeness (QED) is 0.656. The lowest BCUT2D eigenvalue weighted by molar-refractivity contribution is -0.120. The first kappa shape index (κ1) is 19.2. The maximum Gasteiger partial charge on any atom is 0.336 e. The zero-order valence-corrected chi connectivity index (χ0v) is 15.5. The standard InChI is InChI=1S/C23H21NO4/c1-28-18-12-10-16(11-13-18)14-22(25)24-15-17-6-2-3-7-19(17)20-8-4-5-9-21(20)23(26)27/h2-13H,14-15H2,1H3,(H,24,25)(H,26,27). The Morgan fingerprint density at radius 2 is 1.54 bits per heavy atom. The van der Waals surface area contributed by atoms with Crippen molar-refractivity contribution in [1.29, 1.82) is 0 Å². The van der Waals surface area contributed by atoms with Crippen LogP contribution in [-0.2, 0) is 17.8 Å². The molecule has 0 aliphatic heterocycles. The van der Waals surface area contributed by atoms with Gasteiger partial charge in [-0.1, -0.05) is 54.6 Å². The molecule has 0 aromatic heterocycles. The van der Waals surface area contributed by atoms with E-state index in [0.717, 1.165) is 22.4 Å². The predicted molar refractivity (Wildman–Crippen MR) is 107 cm³/mol. The Morgan fingerprint density at radius 3 is 2.21 bits per heavy atom. The first-order valence-electron chi connectivity index (χ1n) is 8.88. The lowest BCUT2D eigenvalue weighted by atomic mass is 9.95. The Kier molecular flexibility index (Phi) is 6.07. The van der Waals surface area contributed by atoms with Gasteiger partial charge in [0, 0.05) is 6.54 Å². The minimum absolute atomic E-state index is 0.105. The molecular weight excluding hydrogens is 354 g/mol. The van der Waals surface area contributed by atoms with E-state index < -0.39 is 5.97 Å². The molecule has 3 rings (SSSR count). The Balaban J connectivity index is 1.73. The summed E-state index contributed by atoms with van der Waals surface area (Å²) < 4.78 is 5.12. The molecule has 2 N–H and O–H groups in total. The molecule has 3 aromatic rings. The molecule has 1 amide bonds. The van der Waals surface area contributed by atoms with E-state index in [1.165, 1.54) is 0 Å². The van der Waals surface area contributed by atoms with Gasteiger partial charge in [0.25, 0.3) is 0 Å². The third-order valence-electron chi connectivity index (χ3n) is 4.46. The fraction of sp³-hybridized carbons (Fsp3) is 0.130. The number of benzene rings is 3. The number of aromatic carboxylic acids is 1. The molecule has 0 aliphatic rings. The minimum Gasteiger partial charge on any atom is -0.497 e. The van der Waals surface area contributed by atoms with Gasteiger partial charge in [-0.05, 0) is 40.5 Å². The van der Waals surface area contributed by atoms with Crippen LogP contribution in [0.1, 0.15) is 21.5 Å². The summed E-state index contributed by atoms with van der Waals surface area (Å²) >= 11 is 0. The number of ether oxygens (including phenoxy) is 1. The second-order valence-corrected chi connectivity index (χ2v) is 6.31. The summed E-state index contributed by atoms with van der Waals surface area (Å²) in [5.41, 5.74) is 3.42. The minimum atomic E-state index is -0.978. The van der Waals surface area contributed by atoms with Crippen molar-refractivity contribution in [3.8, 4) is 16.9 Å². The SMILES string of the molecule is COc1ccc(CC(=O)NCc2ccccc2-c2ccccc2C(=O)O)cc1. The topological polar surface area (TPSA) is 75.6 Å². The Labute approximate surface area is 163 Å². The van der Waals surface area contributed by atoms with Gasteiger partial charge in [-0.25, -0.2) is 4.79 Å². The van der Waals surface area contributed by atoms with Crippen LogP contribution in [0.4, 0.5) is 0 Å². The van der Waals surface area contributed by atoms with Crippen molar-refractivity contribution < 1.29 is 19.4 Å². The van der Waals surface area contributed by atoms with E-state index in [9.17, 15) is 14.7 Å². The van der Waals surface area contributed by atoms with Gasteiger partial charge in [-0.15, -0.1) is 0 Å². The molecule has 0 atom stereocenters. The van der Waals surface area contributed by atoms with Crippen molar-refractivity contribution in [2.75, 3.05) is 7.11 Å². The summed E-state index contributed by atoms with van der Waals surface area (Å²) in [7, 11) is 1.60. The smallest absolute Gasteiger partial charge is 0.336 e. The average Bonchev–Trinajstić information content (AvgIpc) is 2.73. The Bertz CT molecular complexity index is 980. The highest BCUT2D eigenvalue weighted by atomic mass is 16.5. The summed E-state index contributed by atoms with van der Waals surface area (Å²) in [6, 6.07) is 21.7. The number of carbonyl (C=O) groups excluding carboxylic acids is 1. The molecule has 28 heavy (non-hydrogen) atoms. The third-order valence-corrected chi connectivity index (χ3v) is 4.46. The summed E-state index contributed by atoms with van der Waals surface area (Å²) in [6.07, 6.45) is 0.262. The Morgan fingerprint density at radius 1 is 0.893 bits per heavy atom. The number of hydrogen-bond donors (Lipinski definition) is 2. The Hall–Kier alpha value is -3.60. The highest BCUT2D eigenvalue weighted by molar-refractivity contribution is 5.96. The van der Waals surface area contributed by atoms with E-state index in [-0.39, 0.29) is 17.9 Å². The lowest BCUT2D eigenvalue weighted by Gasteiger charge is -2.13. The maximum absolute atomic E-state index is 12.3. The number of nitrogens with one attached hydrogen (secondary N) is 1. The molecule has 5 heteroatoms. The predicted octanol–water partition coefficient (Wildman–Crippen LogP) is 3.92. The fourth-order valence-corrected chi connectivity index (χ4v) is 3.03. The summed E-state index contributed by atoms with van der Waals surface area (Å²) in [5, 5.41) is 12.4. The van der Waals surface area contributed by atoms with E-state index >= 15 is 0 Å². The molecule has 0 spiro atoms. The van der Waals surface area contributed by atoms with Crippen LogP contribution in [0.2, 0.25) is 0 Å². The molecule has 0 unspecified atom stereocenters. The molecule has 5 nitrogen and oxygen atoms in total. The monoisotopic (exact) mass is 375 g/mol. The van der Waals surface area contributed by atoms with E-state index in [0.29, 0.717) is 12.1 Å². The van der Waals surface area contributed by atoms with Crippen LogP contribution in [0.3, 0.4) is 0 Å². The van der Waals surface area contributed by atoms with Crippen LogP contribution < -0.4 is 10.1 Å². The van der Waals surface area contributed by atoms with Gasteiger partial charge in [-0.2, -0.15) is 0 Å². The molecule has 142 valence electrons. The van der Waals surface area contributed by atoms with Crippen molar-refractivity contribution in [3.63, 3.8) is 0 Å². The molecule has 0 bridgehead atoms. The first-order chi connectivity index (χ1) is 13.6. The van der Waals surface area contributed by atoms with E-state index in [4.69, 9.17) is 4.74 Å². The fourth-order valence-electron chi connectivity index (χ4n) is 3.03. The second-order valence-electron chi connectivity index (χ2n) is 6.31. The van der Waals surface area contributed by atoms with Gasteiger partial charge >= 0.3 is 5.97 Å². The third kappa shape index (κ3) is 4.57. The average molecular weight is 375 g/mol. The highest BCUT2D eigenvalue weighted by Gasteiger charge is 2.14. The van der Waals surface area contributed by atoms with Crippen molar-refractivity contribution in [2.45, 2.75) is 13.0 Å². The lowest BCUT2D eigenvalue weighted by Crippen LogP contribution is -2.24. The normalized spacial score (nSPS) is 10.3. The van der Waals surface area contributed by atoms with Crippen LogP contribution in [-0.4, -0.2) is 24.1 Å². The number of carboxylic acid groups (broad SMARTS) is 1. The molecule has 0 aliphatic carbocycles. The zero-order chi connectivity index (χ0) is 19.9. The highest BCUT2D eigenvalue weighted by Crippen LogP contribution is 2.27. The van der Waals surface area contributed by atoms with Crippen LogP contribution in [0.5, 0.6) is 5.75 Å². The van der Waals surface area contributed by atoms with Crippen LogP contribution >= 0.6 is 0 Å². The van der Waals surface area contributed by atoms with Gasteiger partial charge < -0.3 is 15.2 Å². The van der Waals surface area contributed by atoms with Crippen LogP contribution in [0.25, 0.3) is 11.1 Å².